The molecule has 0 spiro atoms. The number of benzene rings is 2. The summed E-state index contributed by atoms with van der Waals surface area (Å²) in [7, 11) is 0. The van der Waals surface area contributed by atoms with E-state index in [0.717, 1.165) is 36.1 Å². The van der Waals surface area contributed by atoms with Crippen LogP contribution in [0.1, 0.15) is 35.6 Å². The topological polar surface area (TPSA) is 79.1 Å². The van der Waals surface area contributed by atoms with Gasteiger partial charge in [0, 0.05) is 35.9 Å². The summed E-state index contributed by atoms with van der Waals surface area (Å²) >= 11 is 6.17. The van der Waals surface area contributed by atoms with Gasteiger partial charge in [-0.25, -0.2) is 9.37 Å². The average Bonchev–Trinajstić information content (AvgIpc) is 3.23. The number of guanidine groups is 1. The Morgan fingerprint density at radius 3 is 2.76 bits per heavy atom. The van der Waals surface area contributed by atoms with E-state index in [2.05, 4.69) is 20.3 Å². The molecule has 0 aliphatic rings. The molecule has 0 amide bonds. The summed E-state index contributed by atoms with van der Waals surface area (Å²) in [5.41, 5.74) is 9.20. The van der Waals surface area contributed by atoms with E-state index < -0.39 is 0 Å². The first-order valence-corrected chi connectivity index (χ1v) is 10.0. The number of aliphatic imine (C=N–C) groups is 1. The quantitative estimate of drug-likeness (QED) is 0.278. The maximum absolute atomic E-state index is 13.3. The molecule has 0 aliphatic heterocycles. The largest absolute Gasteiger partial charge is 0.370 e. The highest BCUT2D eigenvalue weighted by Gasteiger charge is 2.15. The van der Waals surface area contributed by atoms with Crippen LogP contribution in [-0.4, -0.2) is 29.0 Å². The second kappa shape index (κ2) is 10.6. The number of halogens is 2. The third-order valence-electron chi connectivity index (χ3n) is 4.70. The van der Waals surface area contributed by atoms with Crippen LogP contribution in [0.3, 0.4) is 0 Å². The Bertz CT molecular complexity index is 909. The number of aromatic nitrogens is 2. The fourth-order valence-corrected chi connectivity index (χ4v) is 3.43. The van der Waals surface area contributed by atoms with Crippen molar-refractivity contribution in [3.8, 4) is 0 Å². The van der Waals surface area contributed by atoms with E-state index in [0.29, 0.717) is 24.1 Å². The van der Waals surface area contributed by atoms with Crippen molar-refractivity contribution in [1.29, 1.82) is 0 Å². The van der Waals surface area contributed by atoms with E-state index in [1.165, 1.54) is 12.1 Å². The molecule has 0 saturated carbocycles. The van der Waals surface area contributed by atoms with Gasteiger partial charge in [0.2, 0.25) is 0 Å². The highest BCUT2D eigenvalue weighted by atomic mass is 35.5. The van der Waals surface area contributed by atoms with Gasteiger partial charge >= 0.3 is 0 Å². The Balaban J connectivity index is 1.55. The summed E-state index contributed by atoms with van der Waals surface area (Å²) in [4.78, 5) is 11.4. The van der Waals surface area contributed by atoms with Gasteiger partial charge < -0.3 is 16.0 Å². The van der Waals surface area contributed by atoms with Crippen molar-refractivity contribution in [2.75, 3.05) is 13.1 Å². The number of nitrogens with two attached hydrogens (primary N) is 1. The zero-order chi connectivity index (χ0) is 20.5. The van der Waals surface area contributed by atoms with Gasteiger partial charge in [0.1, 0.15) is 5.82 Å². The standard InChI is InChI=1S/C22H25ClFN5/c23-18-4-1-3-17(13-18)21(16-6-8-19(24)9-7-16)10-12-28-22(25)27-11-2-5-20-14-26-15-29-20/h1,3-4,6-9,13-15,21H,2,5,10-12H2,(H,26,29)(H3,25,27,28). The number of nitrogens with one attached hydrogen (secondary N) is 2. The molecule has 5 nitrogen and oxygen atoms in total. The van der Waals surface area contributed by atoms with Crippen molar-refractivity contribution in [1.82, 2.24) is 15.3 Å². The van der Waals surface area contributed by atoms with Crippen molar-refractivity contribution in [3.63, 3.8) is 0 Å². The molecule has 0 fully saturated rings. The molecule has 0 radical (unpaired) electrons. The molecule has 29 heavy (non-hydrogen) atoms. The lowest BCUT2D eigenvalue weighted by atomic mass is 9.88. The molecule has 3 rings (SSSR count). The van der Waals surface area contributed by atoms with Crippen LogP contribution in [0.4, 0.5) is 4.39 Å². The molecule has 4 N–H and O–H groups in total. The van der Waals surface area contributed by atoms with Crippen molar-refractivity contribution < 1.29 is 4.39 Å². The monoisotopic (exact) mass is 413 g/mol. The summed E-state index contributed by atoms with van der Waals surface area (Å²) in [6.45, 7) is 1.29. The molecule has 3 aromatic rings. The summed E-state index contributed by atoms with van der Waals surface area (Å²) in [5.74, 6) is 0.261. The normalized spacial score (nSPS) is 12.7. The third kappa shape index (κ3) is 6.61. The SMILES string of the molecule is NC(=NCCCc1cnc[nH]1)NCCC(c1ccc(F)cc1)c1cccc(Cl)c1. The van der Waals surface area contributed by atoms with Crippen molar-refractivity contribution in [2.24, 2.45) is 10.7 Å². The van der Waals surface area contributed by atoms with Crippen LogP contribution >= 0.6 is 11.6 Å². The van der Waals surface area contributed by atoms with Crippen LogP contribution in [-0.2, 0) is 6.42 Å². The minimum absolute atomic E-state index is 0.0787. The van der Waals surface area contributed by atoms with E-state index in [1.807, 2.05) is 42.6 Å². The van der Waals surface area contributed by atoms with Gasteiger partial charge in [-0.3, -0.25) is 4.99 Å². The van der Waals surface area contributed by atoms with Gasteiger partial charge in [0.05, 0.1) is 6.33 Å². The van der Waals surface area contributed by atoms with Gasteiger partial charge in [-0.05, 0) is 54.7 Å². The van der Waals surface area contributed by atoms with Gasteiger partial charge in [-0.2, -0.15) is 0 Å². The maximum atomic E-state index is 13.3. The Labute approximate surface area is 175 Å². The van der Waals surface area contributed by atoms with Crippen molar-refractivity contribution in [2.45, 2.75) is 25.2 Å². The number of aryl methyl sites for hydroxylation is 1. The molecule has 1 aromatic heterocycles. The van der Waals surface area contributed by atoms with Gasteiger partial charge in [0.25, 0.3) is 0 Å². The highest BCUT2D eigenvalue weighted by molar-refractivity contribution is 6.30. The van der Waals surface area contributed by atoms with Crippen LogP contribution in [0.5, 0.6) is 0 Å². The number of hydrogen-bond donors (Lipinski definition) is 3. The number of H-pyrrole nitrogens is 1. The lowest BCUT2D eigenvalue weighted by molar-refractivity contribution is 0.624. The van der Waals surface area contributed by atoms with E-state index in [1.54, 1.807) is 6.33 Å². The second-order valence-corrected chi connectivity index (χ2v) is 7.26. The number of rotatable bonds is 9. The fraction of sp³-hybridized carbons (Fsp3) is 0.273. The number of hydrogen-bond acceptors (Lipinski definition) is 2. The first-order chi connectivity index (χ1) is 14.1. The summed E-state index contributed by atoms with van der Waals surface area (Å²) in [6.07, 6.45) is 6.04. The second-order valence-electron chi connectivity index (χ2n) is 6.82. The lowest BCUT2D eigenvalue weighted by Crippen LogP contribution is -2.33. The molecule has 0 aliphatic carbocycles. The Kier molecular flexibility index (Phi) is 7.64. The molecule has 0 bridgehead atoms. The molecule has 1 heterocycles. The Hall–Kier alpha value is -2.86. The first-order valence-electron chi connectivity index (χ1n) is 9.64. The molecule has 1 atom stereocenters. The van der Waals surface area contributed by atoms with Crippen LogP contribution in [0.2, 0.25) is 5.02 Å². The minimum atomic E-state index is -0.247. The van der Waals surface area contributed by atoms with Crippen LogP contribution in [0, 0.1) is 5.82 Å². The average molecular weight is 414 g/mol. The van der Waals surface area contributed by atoms with E-state index >= 15 is 0 Å². The lowest BCUT2D eigenvalue weighted by Gasteiger charge is -2.19. The number of nitrogens with zero attached hydrogens (tertiary/aromatic N) is 2. The van der Waals surface area contributed by atoms with Crippen LogP contribution in [0.25, 0.3) is 0 Å². The maximum Gasteiger partial charge on any atom is 0.188 e. The Morgan fingerprint density at radius 2 is 2.03 bits per heavy atom. The zero-order valence-corrected chi connectivity index (χ0v) is 16.9. The minimum Gasteiger partial charge on any atom is -0.370 e. The molecule has 1 unspecified atom stereocenters. The van der Waals surface area contributed by atoms with Crippen LogP contribution in [0.15, 0.2) is 66.0 Å². The third-order valence-corrected chi connectivity index (χ3v) is 4.94. The smallest absolute Gasteiger partial charge is 0.188 e. The molecule has 2 aromatic carbocycles. The summed E-state index contributed by atoms with van der Waals surface area (Å²) in [6, 6.07) is 14.3. The molecule has 7 heteroatoms. The van der Waals surface area contributed by atoms with E-state index in [9.17, 15) is 4.39 Å². The van der Waals surface area contributed by atoms with Gasteiger partial charge in [0.15, 0.2) is 5.96 Å². The van der Waals surface area contributed by atoms with E-state index in [-0.39, 0.29) is 11.7 Å². The summed E-state index contributed by atoms with van der Waals surface area (Å²) in [5, 5.41) is 3.85. The molecule has 152 valence electrons. The predicted octanol–water partition coefficient (Wildman–Crippen LogP) is 4.26. The van der Waals surface area contributed by atoms with Crippen molar-refractivity contribution >= 4 is 17.6 Å². The number of aromatic amines is 1. The predicted molar refractivity (Wildman–Crippen MR) is 116 cm³/mol. The first kappa shape index (κ1) is 20.9. The van der Waals surface area contributed by atoms with Crippen molar-refractivity contribution in [3.05, 3.63) is 88.7 Å². The van der Waals surface area contributed by atoms with E-state index in [4.69, 9.17) is 17.3 Å². The molecule has 0 saturated heterocycles. The summed E-state index contributed by atoms with van der Waals surface area (Å²) < 4.78 is 13.3. The molecular weight excluding hydrogens is 389 g/mol. The van der Waals surface area contributed by atoms with Gasteiger partial charge in [-0.15, -0.1) is 0 Å². The van der Waals surface area contributed by atoms with Gasteiger partial charge in [-0.1, -0.05) is 35.9 Å². The fourth-order valence-electron chi connectivity index (χ4n) is 3.24. The van der Waals surface area contributed by atoms with Crippen LogP contribution < -0.4 is 11.1 Å². The molecular formula is C22H25ClFN5. The Morgan fingerprint density at radius 1 is 1.21 bits per heavy atom. The zero-order valence-electron chi connectivity index (χ0n) is 16.1. The number of imidazole rings is 1. The highest BCUT2D eigenvalue weighted by Crippen LogP contribution is 2.29.